The van der Waals surface area contributed by atoms with Crippen molar-refractivity contribution < 1.29 is 9.59 Å². The van der Waals surface area contributed by atoms with Crippen LogP contribution in [-0.2, 0) is 9.59 Å². The smallest absolute Gasteiger partial charge is 0.223 e. The molecule has 5 heteroatoms. The van der Waals surface area contributed by atoms with Gasteiger partial charge in [0.05, 0.1) is 0 Å². The van der Waals surface area contributed by atoms with E-state index in [9.17, 15) is 9.59 Å². The number of amides is 1. The highest BCUT2D eigenvalue weighted by Gasteiger charge is 2.30. The molecule has 1 aliphatic rings. The van der Waals surface area contributed by atoms with Gasteiger partial charge in [-0.1, -0.05) is 18.7 Å². The predicted molar refractivity (Wildman–Crippen MR) is 66.4 cm³/mol. The molecule has 1 rings (SSSR count). The lowest BCUT2D eigenvalue weighted by atomic mass is 10.4. The molecule has 0 aliphatic carbocycles. The van der Waals surface area contributed by atoms with Gasteiger partial charge in [-0.3, -0.25) is 9.59 Å². The Labute approximate surface area is 101 Å². The minimum absolute atomic E-state index is 0.104. The molecule has 1 unspecified atom stereocenters. The first-order valence-electron chi connectivity index (χ1n) is 5.79. The van der Waals surface area contributed by atoms with Crippen LogP contribution in [0.4, 0.5) is 0 Å². The zero-order chi connectivity index (χ0) is 12.0. The number of nitrogens with one attached hydrogen (secondary N) is 1. The van der Waals surface area contributed by atoms with Gasteiger partial charge in [-0.25, -0.2) is 0 Å². The molecule has 0 aromatic heterocycles. The fraction of sp³-hybridized carbons (Fsp3) is 0.818. The summed E-state index contributed by atoms with van der Waals surface area (Å²) in [5.74, 6) is 0.190. The second-order valence-corrected chi connectivity index (χ2v) is 5.46. The van der Waals surface area contributed by atoms with E-state index >= 15 is 0 Å². The third kappa shape index (κ3) is 4.53. The molecular formula is C11H20N2O2S. The Morgan fingerprint density at radius 1 is 1.62 bits per heavy atom. The van der Waals surface area contributed by atoms with Crippen LogP contribution >= 0.6 is 11.8 Å². The van der Waals surface area contributed by atoms with E-state index in [1.165, 1.54) is 11.8 Å². The fourth-order valence-corrected chi connectivity index (χ4v) is 2.79. The standard InChI is InChI=1S/C11H20N2O2S/c1-3-12-5-4-6-13-8-10(7-11(13)15)16-9(2)14/h10,12H,3-8H2,1-2H3. The number of hydrogen-bond donors (Lipinski definition) is 1. The maximum absolute atomic E-state index is 11.6. The van der Waals surface area contributed by atoms with Crippen molar-refractivity contribution in [3.8, 4) is 0 Å². The molecule has 0 spiro atoms. The summed E-state index contributed by atoms with van der Waals surface area (Å²) in [4.78, 5) is 24.4. The van der Waals surface area contributed by atoms with Gasteiger partial charge in [-0.15, -0.1) is 0 Å². The summed E-state index contributed by atoms with van der Waals surface area (Å²) in [6.45, 7) is 7.08. The van der Waals surface area contributed by atoms with Gasteiger partial charge < -0.3 is 10.2 Å². The molecule has 1 atom stereocenters. The molecular weight excluding hydrogens is 224 g/mol. The lowest BCUT2D eigenvalue weighted by molar-refractivity contribution is -0.127. The molecule has 1 fully saturated rings. The number of rotatable bonds is 6. The van der Waals surface area contributed by atoms with Crippen molar-refractivity contribution in [2.24, 2.45) is 0 Å². The molecule has 1 saturated heterocycles. The molecule has 1 heterocycles. The van der Waals surface area contributed by atoms with Crippen molar-refractivity contribution in [3.05, 3.63) is 0 Å². The van der Waals surface area contributed by atoms with Gasteiger partial charge in [-0.2, -0.15) is 0 Å². The van der Waals surface area contributed by atoms with Gasteiger partial charge in [0.1, 0.15) is 0 Å². The molecule has 0 saturated carbocycles. The van der Waals surface area contributed by atoms with Gasteiger partial charge in [0, 0.05) is 31.7 Å². The summed E-state index contributed by atoms with van der Waals surface area (Å²) in [5, 5.41) is 3.51. The van der Waals surface area contributed by atoms with Gasteiger partial charge in [0.25, 0.3) is 0 Å². The van der Waals surface area contributed by atoms with E-state index in [2.05, 4.69) is 12.2 Å². The molecule has 0 aromatic carbocycles. The van der Waals surface area contributed by atoms with Crippen molar-refractivity contribution in [1.82, 2.24) is 10.2 Å². The highest BCUT2D eigenvalue weighted by Crippen LogP contribution is 2.23. The van der Waals surface area contributed by atoms with Crippen LogP contribution < -0.4 is 5.32 Å². The number of carbonyl (C=O) groups is 2. The van der Waals surface area contributed by atoms with Crippen molar-refractivity contribution in [3.63, 3.8) is 0 Å². The summed E-state index contributed by atoms with van der Waals surface area (Å²) in [7, 11) is 0. The van der Waals surface area contributed by atoms with E-state index < -0.39 is 0 Å². The largest absolute Gasteiger partial charge is 0.341 e. The number of likely N-dealkylation sites (tertiary alicyclic amines) is 1. The molecule has 0 bridgehead atoms. The Hall–Kier alpha value is -0.550. The number of thioether (sulfide) groups is 1. The van der Waals surface area contributed by atoms with Crippen LogP contribution in [0.2, 0.25) is 0 Å². The minimum Gasteiger partial charge on any atom is -0.341 e. The highest BCUT2D eigenvalue weighted by atomic mass is 32.2. The molecule has 92 valence electrons. The number of carbonyl (C=O) groups excluding carboxylic acids is 2. The Kier molecular flexibility index (Phi) is 5.84. The third-order valence-electron chi connectivity index (χ3n) is 2.54. The minimum atomic E-state index is 0.104. The topological polar surface area (TPSA) is 49.4 Å². The van der Waals surface area contributed by atoms with Crippen LogP contribution in [0.3, 0.4) is 0 Å². The molecule has 4 nitrogen and oxygen atoms in total. The Bertz CT molecular complexity index is 258. The van der Waals surface area contributed by atoms with Crippen LogP contribution in [0.1, 0.15) is 26.7 Å². The van der Waals surface area contributed by atoms with E-state index in [-0.39, 0.29) is 16.3 Å². The molecule has 1 amide bonds. The first kappa shape index (κ1) is 13.5. The lowest BCUT2D eigenvalue weighted by Gasteiger charge is -2.16. The zero-order valence-electron chi connectivity index (χ0n) is 9.99. The first-order valence-corrected chi connectivity index (χ1v) is 6.67. The number of hydrogen-bond acceptors (Lipinski definition) is 4. The van der Waals surface area contributed by atoms with Crippen molar-refractivity contribution in [1.29, 1.82) is 0 Å². The molecule has 0 radical (unpaired) electrons. The van der Waals surface area contributed by atoms with Crippen LogP contribution in [0.15, 0.2) is 0 Å². The molecule has 0 aromatic rings. The van der Waals surface area contributed by atoms with Gasteiger partial charge in [0.15, 0.2) is 5.12 Å². The summed E-state index contributed by atoms with van der Waals surface area (Å²) in [6.07, 6.45) is 1.50. The van der Waals surface area contributed by atoms with Crippen molar-refractivity contribution in [2.45, 2.75) is 31.9 Å². The lowest BCUT2D eigenvalue weighted by Crippen LogP contribution is -2.29. The Morgan fingerprint density at radius 3 is 3.00 bits per heavy atom. The predicted octanol–water partition coefficient (Wildman–Crippen LogP) is 0.867. The first-order chi connectivity index (χ1) is 7.63. The van der Waals surface area contributed by atoms with Crippen LogP contribution in [0, 0.1) is 0 Å². The van der Waals surface area contributed by atoms with Crippen molar-refractivity contribution in [2.75, 3.05) is 26.2 Å². The van der Waals surface area contributed by atoms with E-state index in [4.69, 9.17) is 0 Å². The molecule has 1 N–H and O–H groups in total. The number of nitrogens with zero attached hydrogens (tertiary/aromatic N) is 1. The van der Waals surface area contributed by atoms with Gasteiger partial charge >= 0.3 is 0 Å². The van der Waals surface area contributed by atoms with Gasteiger partial charge in [-0.05, 0) is 19.5 Å². The maximum Gasteiger partial charge on any atom is 0.223 e. The Morgan fingerprint density at radius 2 is 2.38 bits per heavy atom. The second kappa shape index (κ2) is 6.91. The monoisotopic (exact) mass is 244 g/mol. The summed E-state index contributed by atoms with van der Waals surface area (Å²) in [6, 6.07) is 0. The van der Waals surface area contributed by atoms with Crippen molar-refractivity contribution >= 4 is 22.8 Å². The summed E-state index contributed by atoms with van der Waals surface area (Å²) in [5.41, 5.74) is 0. The van der Waals surface area contributed by atoms with Crippen LogP contribution in [0.25, 0.3) is 0 Å². The molecule has 1 aliphatic heterocycles. The second-order valence-electron chi connectivity index (χ2n) is 3.98. The normalized spacial score (nSPS) is 20.5. The highest BCUT2D eigenvalue weighted by molar-refractivity contribution is 8.14. The zero-order valence-corrected chi connectivity index (χ0v) is 10.8. The van der Waals surface area contributed by atoms with E-state index in [0.29, 0.717) is 6.42 Å². The third-order valence-corrected chi connectivity index (χ3v) is 3.52. The summed E-state index contributed by atoms with van der Waals surface area (Å²) >= 11 is 1.30. The summed E-state index contributed by atoms with van der Waals surface area (Å²) < 4.78 is 0. The SMILES string of the molecule is CCNCCCN1CC(SC(C)=O)CC1=O. The average molecular weight is 244 g/mol. The van der Waals surface area contributed by atoms with Gasteiger partial charge in [0.2, 0.25) is 5.91 Å². The quantitative estimate of drug-likeness (QED) is 0.704. The Balaban J connectivity index is 2.23. The molecule has 16 heavy (non-hydrogen) atoms. The average Bonchev–Trinajstić information content (AvgIpc) is 2.53. The van der Waals surface area contributed by atoms with E-state index in [1.54, 1.807) is 6.92 Å². The maximum atomic E-state index is 11.6. The fourth-order valence-electron chi connectivity index (χ4n) is 1.84. The van der Waals surface area contributed by atoms with Crippen LogP contribution in [-0.4, -0.2) is 47.4 Å². The van der Waals surface area contributed by atoms with E-state index in [0.717, 1.165) is 32.6 Å². The van der Waals surface area contributed by atoms with E-state index in [1.807, 2.05) is 4.90 Å². The van der Waals surface area contributed by atoms with Crippen LogP contribution in [0.5, 0.6) is 0 Å².